The third kappa shape index (κ3) is 6.51. The van der Waals surface area contributed by atoms with E-state index in [1.165, 1.54) is 6.07 Å². The number of amides is 4. The number of fused-ring (bicyclic) bond motifs is 2. The molecule has 0 aliphatic carbocycles. The molecule has 13 heteroatoms. The van der Waals surface area contributed by atoms with Gasteiger partial charge in [0, 0.05) is 36.9 Å². The molecule has 5 rings (SSSR count). The van der Waals surface area contributed by atoms with Crippen molar-refractivity contribution in [3.8, 4) is 0 Å². The fourth-order valence-electron chi connectivity index (χ4n) is 5.62. The lowest BCUT2D eigenvalue weighted by Gasteiger charge is -2.38. The maximum atomic E-state index is 13.0. The van der Waals surface area contributed by atoms with Gasteiger partial charge in [0.2, 0.25) is 5.91 Å². The van der Waals surface area contributed by atoms with E-state index in [1.54, 1.807) is 35.8 Å². The number of urea groups is 1. The first kappa shape index (κ1) is 29.4. The molecule has 0 saturated carbocycles. The van der Waals surface area contributed by atoms with Crippen molar-refractivity contribution in [2.45, 2.75) is 57.9 Å². The number of aromatic amines is 1. The first-order valence-electron chi connectivity index (χ1n) is 13.9. The average molecular weight is 587 g/mol. The minimum atomic E-state index is -4.41. The number of aryl methyl sites for hydroxylation is 1. The molecule has 1 atom stereocenters. The molecule has 1 fully saturated rings. The molecule has 0 bridgehead atoms. The van der Waals surface area contributed by atoms with E-state index < -0.39 is 24.6 Å². The number of rotatable bonds is 6. The maximum Gasteiger partial charge on any atom is 0.396 e. The van der Waals surface area contributed by atoms with Crippen molar-refractivity contribution in [3.63, 3.8) is 0 Å². The van der Waals surface area contributed by atoms with E-state index in [9.17, 15) is 32.7 Å². The Morgan fingerprint density at radius 2 is 1.90 bits per heavy atom. The number of halogens is 3. The Hall–Kier alpha value is -4.13. The van der Waals surface area contributed by atoms with Crippen LogP contribution in [0.5, 0.6) is 0 Å². The van der Waals surface area contributed by atoms with E-state index in [2.05, 4.69) is 20.6 Å². The first-order valence-corrected chi connectivity index (χ1v) is 13.9. The van der Waals surface area contributed by atoms with Gasteiger partial charge in [-0.05, 0) is 68.0 Å². The first-order chi connectivity index (χ1) is 19.9. The van der Waals surface area contributed by atoms with E-state index >= 15 is 0 Å². The van der Waals surface area contributed by atoms with Crippen molar-refractivity contribution in [1.29, 1.82) is 0 Å². The van der Waals surface area contributed by atoms with Crippen LogP contribution in [0.2, 0.25) is 0 Å². The molecule has 1 unspecified atom stereocenters. The molecule has 2 aromatic carbocycles. The minimum absolute atomic E-state index is 0.0417. The minimum Gasteiger partial charge on any atom is -0.389 e. The normalized spacial score (nSPS) is 17.0. The van der Waals surface area contributed by atoms with Crippen LogP contribution in [0.3, 0.4) is 0 Å². The van der Waals surface area contributed by atoms with Crippen LogP contribution in [0.4, 0.5) is 23.7 Å². The molecule has 2 aliphatic heterocycles. The van der Waals surface area contributed by atoms with E-state index in [1.807, 2.05) is 12.1 Å². The van der Waals surface area contributed by atoms with Crippen LogP contribution in [0.15, 0.2) is 30.3 Å². The average Bonchev–Trinajstić information content (AvgIpc) is 3.25. The van der Waals surface area contributed by atoms with Crippen LogP contribution in [0.1, 0.15) is 58.7 Å². The number of carbonyl (C=O) groups is 3. The van der Waals surface area contributed by atoms with Gasteiger partial charge < -0.3 is 30.5 Å². The van der Waals surface area contributed by atoms with E-state index in [0.717, 1.165) is 16.8 Å². The zero-order valence-corrected chi connectivity index (χ0v) is 23.3. The molecular formula is C29H33F3N6O4. The lowest BCUT2D eigenvalue weighted by molar-refractivity contribution is -0.131. The van der Waals surface area contributed by atoms with Gasteiger partial charge in [0.15, 0.2) is 0 Å². The van der Waals surface area contributed by atoms with Crippen molar-refractivity contribution in [3.05, 3.63) is 58.4 Å². The lowest BCUT2D eigenvalue weighted by atomic mass is 10.0. The van der Waals surface area contributed by atoms with Gasteiger partial charge in [-0.3, -0.25) is 9.59 Å². The molecule has 3 aromatic rings. The van der Waals surface area contributed by atoms with Gasteiger partial charge >= 0.3 is 12.2 Å². The predicted molar refractivity (Wildman–Crippen MR) is 149 cm³/mol. The van der Waals surface area contributed by atoms with Gasteiger partial charge in [-0.25, -0.2) is 9.78 Å². The molecule has 4 N–H and O–H groups in total. The number of anilines is 1. The highest BCUT2D eigenvalue weighted by Crippen LogP contribution is 2.28. The molecule has 0 spiro atoms. The monoisotopic (exact) mass is 586 g/mol. The standard InChI is InChI=1S/C29H33F3N6O4/c1-16-11-20(13-23-26(16)36-24(34-23)14-29(30,31)32)27(41)33-15-25(40)37-8-6-21(7-9-37)38-10-5-19-12-18(17(2)39)3-4-22(19)35-28(38)42/h3-4,11-13,17,21,39H,5-10,14-15H2,1-2H3,(H,33,41)(H,34,36)(H,35,42). The summed E-state index contributed by atoms with van der Waals surface area (Å²) >= 11 is 0. The van der Waals surface area contributed by atoms with Crippen LogP contribution < -0.4 is 10.6 Å². The molecule has 1 aromatic heterocycles. The zero-order chi connectivity index (χ0) is 30.2. The second-order valence-corrected chi connectivity index (χ2v) is 10.9. The molecule has 3 heterocycles. The fraction of sp³-hybridized carbons (Fsp3) is 0.448. The van der Waals surface area contributed by atoms with Crippen LogP contribution >= 0.6 is 0 Å². The summed E-state index contributed by atoms with van der Waals surface area (Å²) in [5.74, 6) is -1.02. The molecule has 224 valence electrons. The number of nitrogens with one attached hydrogen (secondary N) is 3. The topological polar surface area (TPSA) is 131 Å². The van der Waals surface area contributed by atoms with Crippen LogP contribution in [0.25, 0.3) is 11.0 Å². The van der Waals surface area contributed by atoms with Crippen LogP contribution in [-0.2, 0) is 17.6 Å². The summed E-state index contributed by atoms with van der Waals surface area (Å²) in [5, 5.41) is 15.5. The number of aliphatic hydroxyl groups is 1. The maximum absolute atomic E-state index is 13.0. The molecule has 42 heavy (non-hydrogen) atoms. The lowest BCUT2D eigenvalue weighted by Crippen LogP contribution is -2.51. The zero-order valence-electron chi connectivity index (χ0n) is 23.3. The van der Waals surface area contributed by atoms with E-state index in [-0.39, 0.29) is 41.4 Å². The Morgan fingerprint density at radius 3 is 2.60 bits per heavy atom. The summed E-state index contributed by atoms with van der Waals surface area (Å²) in [4.78, 5) is 48.7. The quantitative estimate of drug-likeness (QED) is 0.349. The smallest absolute Gasteiger partial charge is 0.389 e. The molecule has 1 saturated heterocycles. The molecule has 2 aliphatic rings. The van der Waals surface area contributed by atoms with Crippen LogP contribution in [-0.4, -0.2) is 81.1 Å². The number of aromatic nitrogens is 2. The van der Waals surface area contributed by atoms with Gasteiger partial charge in [0.05, 0.1) is 23.7 Å². The second kappa shape index (κ2) is 11.6. The molecular weight excluding hydrogens is 553 g/mol. The number of piperidine rings is 1. The number of aliphatic hydroxyl groups excluding tert-OH is 1. The van der Waals surface area contributed by atoms with Crippen molar-refractivity contribution in [1.82, 2.24) is 25.1 Å². The largest absolute Gasteiger partial charge is 0.396 e. The molecule has 10 nitrogen and oxygen atoms in total. The number of H-pyrrole nitrogens is 1. The summed E-state index contributed by atoms with van der Waals surface area (Å²) in [6, 6.07) is 8.24. The summed E-state index contributed by atoms with van der Waals surface area (Å²) in [5.41, 5.74) is 3.94. The highest BCUT2D eigenvalue weighted by Gasteiger charge is 2.32. The Bertz CT molecular complexity index is 1510. The third-order valence-corrected chi connectivity index (χ3v) is 7.86. The van der Waals surface area contributed by atoms with Gasteiger partial charge in [-0.1, -0.05) is 12.1 Å². The number of likely N-dealkylation sites (tertiary alicyclic amines) is 1. The van der Waals surface area contributed by atoms with Gasteiger partial charge in [0.1, 0.15) is 12.2 Å². The SMILES string of the molecule is Cc1cc(C(=O)NCC(=O)N2CCC(N3CCc4cc(C(C)O)ccc4NC3=O)CC2)cc2nc(CC(F)(F)F)[nH]c12. The Labute approximate surface area is 240 Å². The Morgan fingerprint density at radius 1 is 1.17 bits per heavy atom. The Balaban J connectivity index is 1.14. The van der Waals surface area contributed by atoms with Crippen molar-refractivity contribution < 1.29 is 32.7 Å². The summed E-state index contributed by atoms with van der Waals surface area (Å²) in [6.45, 7) is 4.52. The molecule has 4 amide bonds. The van der Waals surface area contributed by atoms with Crippen molar-refractivity contribution in [2.24, 2.45) is 0 Å². The van der Waals surface area contributed by atoms with Gasteiger partial charge in [-0.15, -0.1) is 0 Å². The number of hydrogen-bond donors (Lipinski definition) is 4. The van der Waals surface area contributed by atoms with E-state index in [4.69, 9.17) is 0 Å². The predicted octanol–water partition coefficient (Wildman–Crippen LogP) is 3.84. The second-order valence-electron chi connectivity index (χ2n) is 10.9. The van der Waals surface area contributed by atoms with E-state index in [0.29, 0.717) is 50.0 Å². The number of alkyl halides is 3. The third-order valence-electron chi connectivity index (χ3n) is 7.86. The Kier molecular flexibility index (Phi) is 8.13. The number of imidazole rings is 1. The summed E-state index contributed by atoms with van der Waals surface area (Å²) in [6.07, 6.45) is -4.37. The summed E-state index contributed by atoms with van der Waals surface area (Å²) < 4.78 is 38.3. The van der Waals surface area contributed by atoms with Gasteiger partial charge in [0.25, 0.3) is 5.91 Å². The van der Waals surface area contributed by atoms with Crippen molar-refractivity contribution in [2.75, 3.05) is 31.5 Å². The van der Waals surface area contributed by atoms with Crippen LogP contribution in [0, 0.1) is 6.92 Å². The van der Waals surface area contributed by atoms with Gasteiger partial charge in [-0.2, -0.15) is 13.2 Å². The number of benzene rings is 2. The summed E-state index contributed by atoms with van der Waals surface area (Å²) in [7, 11) is 0. The molecule has 0 radical (unpaired) electrons. The number of carbonyl (C=O) groups excluding carboxylic acids is 3. The van der Waals surface area contributed by atoms with Crippen molar-refractivity contribution >= 4 is 34.6 Å². The number of nitrogens with zero attached hydrogens (tertiary/aromatic N) is 3. The highest BCUT2D eigenvalue weighted by molar-refractivity contribution is 5.99. The highest BCUT2D eigenvalue weighted by atomic mass is 19.4. The fourth-order valence-corrected chi connectivity index (χ4v) is 5.62. The number of hydrogen-bond acceptors (Lipinski definition) is 5.